The highest BCUT2D eigenvalue weighted by molar-refractivity contribution is 5.83. The van der Waals surface area contributed by atoms with Gasteiger partial charge in [0.15, 0.2) is 11.5 Å². The van der Waals surface area contributed by atoms with Crippen LogP contribution in [0.3, 0.4) is 0 Å². The van der Waals surface area contributed by atoms with Crippen molar-refractivity contribution in [2.45, 2.75) is 27.7 Å². The van der Waals surface area contributed by atoms with Gasteiger partial charge in [-0.3, -0.25) is 0 Å². The number of H-pyrrole nitrogens is 1. The zero-order valence-corrected chi connectivity index (χ0v) is 12.0. The molecule has 6 nitrogen and oxygen atoms in total. The van der Waals surface area contributed by atoms with E-state index < -0.39 is 0 Å². The van der Waals surface area contributed by atoms with Gasteiger partial charge in [-0.2, -0.15) is 9.97 Å². The molecule has 0 saturated heterocycles. The third-order valence-electron chi connectivity index (χ3n) is 3.35. The summed E-state index contributed by atoms with van der Waals surface area (Å²) in [6.07, 6.45) is 1.64. The van der Waals surface area contributed by atoms with Crippen LogP contribution in [0.2, 0.25) is 0 Å². The SMILES string of the molecule is CCNc1nc(NCC(C)C(C)C)c2[nH]cnc2n1. The van der Waals surface area contributed by atoms with Gasteiger partial charge in [0.05, 0.1) is 6.33 Å². The third-order valence-corrected chi connectivity index (χ3v) is 3.35. The smallest absolute Gasteiger partial charge is 0.226 e. The molecular formula is C13H22N6. The predicted molar refractivity (Wildman–Crippen MR) is 78.3 cm³/mol. The first-order valence-electron chi connectivity index (χ1n) is 6.80. The Morgan fingerprint density at radius 2 is 2.00 bits per heavy atom. The van der Waals surface area contributed by atoms with Crippen LogP contribution in [-0.2, 0) is 0 Å². The molecule has 1 atom stereocenters. The Bertz CT molecular complexity index is 533. The Balaban J connectivity index is 2.22. The first-order chi connectivity index (χ1) is 9.11. The number of nitrogens with one attached hydrogen (secondary N) is 3. The third kappa shape index (κ3) is 3.13. The van der Waals surface area contributed by atoms with Crippen molar-refractivity contribution in [1.82, 2.24) is 19.9 Å². The van der Waals surface area contributed by atoms with Crippen molar-refractivity contribution in [2.24, 2.45) is 11.8 Å². The van der Waals surface area contributed by atoms with E-state index >= 15 is 0 Å². The maximum atomic E-state index is 4.49. The summed E-state index contributed by atoms with van der Waals surface area (Å²) >= 11 is 0. The maximum absolute atomic E-state index is 4.49. The van der Waals surface area contributed by atoms with Crippen LogP contribution >= 0.6 is 0 Å². The molecule has 1 unspecified atom stereocenters. The zero-order chi connectivity index (χ0) is 13.8. The largest absolute Gasteiger partial charge is 0.368 e. The van der Waals surface area contributed by atoms with E-state index in [0.29, 0.717) is 23.4 Å². The summed E-state index contributed by atoms with van der Waals surface area (Å²) in [5.74, 6) is 2.64. The van der Waals surface area contributed by atoms with Gasteiger partial charge >= 0.3 is 0 Å². The summed E-state index contributed by atoms with van der Waals surface area (Å²) in [4.78, 5) is 16.1. The Morgan fingerprint density at radius 3 is 2.68 bits per heavy atom. The minimum atomic E-state index is 0.579. The van der Waals surface area contributed by atoms with Gasteiger partial charge < -0.3 is 15.6 Å². The van der Waals surface area contributed by atoms with E-state index in [-0.39, 0.29) is 0 Å². The van der Waals surface area contributed by atoms with Gasteiger partial charge in [0.2, 0.25) is 5.95 Å². The molecule has 2 heterocycles. The first kappa shape index (κ1) is 13.6. The van der Waals surface area contributed by atoms with Crippen molar-refractivity contribution in [2.75, 3.05) is 23.7 Å². The van der Waals surface area contributed by atoms with Gasteiger partial charge in [0, 0.05) is 13.1 Å². The second-order valence-electron chi connectivity index (χ2n) is 5.13. The van der Waals surface area contributed by atoms with Crippen molar-refractivity contribution in [3.63, 3.8) is 0 Å². The van der Waals surface area contributed by atoms with E-state index in [4.69, 9.17) is 0 Å². The fourth-order valence-corrected chi connectivity index (χ4v) is 1.69. The number of nitrogens with zero attached hydrogens (tertiary/aromatic N) is 3. The molecule has 0 amide bonds. The number of aromatic nitrogens is 4. The van der Waals surface area contributed by atoms with Crippen LogP contribution in [0.4, 0.5) is 11.8 Å². The van der Waals surface area contributed by atoms with Crippen molar-refractivity contribution in [3.05, 3.63) is 6.33 Å². The molecule has 0 aromatic carbocycles. The van der Waals surface area contributed by atoms with E-state index in [1.54, 1.807) is 6.33 Å². The van der Waals surface area contributed by atoms with Crippen LogP contribution in [0, 0.1) is 11.8 Å². The molecule has 0 radical (unpaired) electrons. The molecule has 104 valence electrons. The van der Waals surface area contributed by atoms with Crippen LogP contribution in [-0.4, -0.2) is 33.0 Å². The Kier molecular flexibility index (Phi) is 4.19. The number of fused-ring (bicyclic) bond motifs is 1. The molecule has 0 saturated carbocycles. The van der Waals surface area contributed by atoms with Crippen LogP contribution in [0.5, 0.6) is 0 Å². The number of imidazole rings is 1. The quantitative estimate of drug-likeness (QED) is 0.745. The average Bonchev–Trinajstić information content (AvgIpc) is 2.84. The highest BCUT2D eigenvalue weighted by atomic mass is 15.2. The second kappa shape index (κ2) is 5.86. The highest BCUT2D eigenvalue weighted by Gasteiger charge is 2.12. The lowest BCUT2D eigenvalue weighted by molar-refractivity contribution is 0.439. The molecule has 2 rings (SSSR count). The maximum Gasteiger partial charge on any atom is 0.226 e. The van der Waals surface area contributed by atoms with E-state index in [1.165, 1.54) is 0 Å². The van der Waals surface area contributed by atoms with Crippen molar-refractivity contribution >= 4 is 22.9 Å². The topological polar surface area (TPSA) is 78.5 Å². The van der Waals surface area contributed by atoms with Gasteiger partial charge in [-0.05, 0) is 18.8 Å². The molecule has 0 fully saturated rings. The summed E-state index contributed by atoms with van der Waals surface area (Å²) in [6, 6.07) is 0. The monoisotopic (exact) mass is 262 g/mol. The minimum absolute atomic E-state index is 0.579. The van der Waals surface area contributed by atoms with Crippen molar-refractivity contribution in [3.8, 4) is 0 Å². The van der Waals surface area contributed by atoms with Gasteiger partial charge in [0.25, 0.3) is 0 Å². The lowest BCUT2D eigenvalue weighted by atomic mass is 9.98. The normalized spacial score (nSPS) is 12.9. The molecule has 0 aliphatic carbocycles. The van der Waals surface area contributed by atoms with Gasteiger partial charge in [-0.25, -0.2) is 4.98 Å². The average molecular weight is 262 g/mol. The Morgan fingerprint density at radius 1 is 1.21 bits per heavy atom. The Hall–Kier alpha value is -1.85. The molecule has 19 heavy (non-hydrogen) atoms. The zero-order valence-electron chi connectivity index (χ0n) is 12.0. The molecule has 0 aliphatic rings. The molecule has 0 spiro atoms. The van der Waals surface area contributed by atoms with Gasteiger partial charge in [-0.15, -0.1) is 0 Å². The van der Waals surface area contributed by atoms with Crippen molar-refractivity contribution in [1.29, 1.82) is 0 Å². The summed E-state index contributed by atoms with van der Waals surface area (Å²) in [5.41, 5.74) is 1.54. The Labute approximate surface area is 113 Å². The number of hydrogen-bond acceptors (Lipinski definition) is 5. The van der Waals surface area contributed by atoms with Crippen LogP contribution in [0.15, 0.2) is 6.33 Å². The molecule has 0 bridgehead atoms. The van der Waals surface area contributed by atoms with Crippen LogP contribution in [0.1, 0.15) is 27.7 Å². The highest BCUT2D eigenvalue weighted by Crippen LogP contribution is 2.19. The van der Waals surface area contributed by atoms with Crippen molar-refractivity contribution < 1.29 is 0 Å². The summed E-state index contributed by atoms with van der Waals surface area (Å²) in [7, 11) is 0. The van der Waals surface area contributed by atoms with Gasteiger partial charge in [0.1, 0.15) is 5.52 Å². The fourth-order valence-electron chi connectivity index (χ4n) is 1.69. The molecule has 2 aromatic rings. The lowest BCUT2D eigenvalue weighted by Crippen LogP contribution is -2.17. The van der Waals surface area contributed by atoms with Gasteiger partial charge in [-0.1, -0.05) is 20.8 Å². The molecule has 3 N–H and O–H groups in total. The molecule has 0 aliphatic heterocycles. The number of rotatable bonds is 6. The molecule has 6 heteroatoms. The first-order valence-corrected chi connectivity index (χ1v) is 6.80. The van der Waals surface area contributed by atoms with E-state index in [1.807, 2.05) is 6.92 Å². The molecular weight excluding hydrogens is 240 g/mol. The summed E-state index contributed by atoms with van der Waals surface area (Å²) in [5, 5.41) is 6.52. The predicted octanol–water partition coefficient (Wildman–Crippen LogP) is 2.49. The summed E-state index contributed by atoms with van der Waals surface area (Å²) in [6.45, 7) is 10.4. The number of hydrogen-bond donors (Lipinski definition) is 3. The van der Waals surface area contributed by atoms with E-state index in [9.17, 15) is 0 Å². The summed E-state index contributed by atoms with van der Waals surface area (Å²) < 4.78 is 0. The number of aromatic amines is 1. The fraction of sp³-hybridized carbons (Fsp3) is 0.615. The lowest BCUT2D eigenvalue weighted by Gasteiger charge is -2.17. The van der Waals surface area contributed by atoms with E-state index in [2.05, 4.69) is 51.3 Å². The second-order valence-corrected chi connectivity index (χ2v) is 5.13. The minimum Gasteiger partial charge on any atom is -0.368 e. The van der Waals surface area contributed by atoms with Crippen LogP contribution < -0.4 is 10.6 Å². The standard InChI is InChI=1S/C13H22N6/c1-5-14-13-18-11(15-6-9(4)8(2)3)10-12(19-13)17-7-16-10/h7-9H,5-6H2,1-4H3,(H3,14,15,16,17,18,19). The van der Waals surface area contributed by atoms with Crippen LogP contribution in [0.25, 0.3) is 11.2 Å². The number of anilines is 2. The molecule has 2 aromatic heterocycles. The van der Waals surface area contributed by atoms with E-state index in [0.717, 1.165) is 24.4 Å².